The Bertz CT molecular complexity index is 348. The average Bonchev–Trinajstić information content (AvgIpc) is 2.17. The molecular weight excluding hydrogens is 188 g/mol. The molecule has 0 saturated carbocycles. The fourth-order valence-electron chi connectivity index (χ4n) is 1.33. The Balaban J connectivity index is 2.68. The number of pyridine rings is 1. The minimum absolute atomic E-state index is 0.0531. The van der Waals surface area contributed by atoms with E-state index in [1.165, 1.54) is 5.56 Å². The average molecular weight is 206 g/mol. The molecule has 1 rings (SSSR count). The maximum atomic E-state index is 7.33. The highest BCUT2D eigenvalue weighted by atomic mass is 15.2. The van der Waals surface area contributed by atoms with Gasteiger partial charge in [-0.15, -0.1) is 0 Å². The summed E-state index contributed by atoms with van der Waals surface area (Å²) in [6.07, 6.45) is 1.79. The van der Waals surface area contributed by atoms with E-state index < -0.39 is 0 Å². The van der Waals surface area contributed by atoms with Gasteiger partial charge in [-0.3, -0.25) is 5.41 Å². The lowest BCUT2D eigenvalue weighted by Gasteiger charge is -2.21. The fourth-order valence-corrected chi connectivity index (χ4v) is 1.33. The molecule has 1 aromatic heterocycles. The number of nitrogens with zero attached hydrogens (tertiary/aromatic N) is 2. The SMILES string of the molecule is Cc1ccnc(N(C)CC(C)C(=N)N)c1. The van der Waals surface area contributed by atoms with Gasteiger partial charge in [0, 0.05) is 25.7 Å². The lowest BCUT2D eigenvalue weighted by atomic mass is 10.1. The summed E-state index contributed by atoms with van der Waals surface area (Å²) in [6, 6.07) is 3.98. The molecule has 1 atom stereocenters. The topological polar surface area (TPSA) is 66.0 Å². The van der Waals surface area contributed by atoms with E-state index in [2.05, 4.69) is 4.98 Å². The molecule has 82 valence electrons. The van der Waals surface area contributed by atoms with Gasteiger partial charge in [0.05, 0.1) is 5.84 Å². The normalized spacial score (nSPS) is 12.2. The molecule has 0 amide bonds. The standard InChI is InChI=1S/C11H18N4/c1-8-4-5-14-10(6-8)15(3)7-9(2)11(12)13/h4-6,9H,7H2,1-3H3,(H3,12,13). The molecule has 4 heteroatoms. The van der Waals surface area contributed by atoms with Gasteiger partial charge in [0.2, 0.25) is 0 Å². The second-order valence-corrected chi connectivity index (χ2v) is 3.93. The van der Waals surface area contributed by atoms with Crippen LogP contribution in [-0.2, 0) is 0 Å². The van der Waals surface area contributed by atoms with Crippen LogP contribution in [0.2, 0.25) is 0 Å². The van der Waals surface area contributed by atoms with Crippen LogP contribution in [-0.4, -0.2) is 24.4 Å². The molecule has 3 N–H and O–H groups in total. The largest absolute Gasteiger partial charge is 0.387 e. The van der Waals surface area contributed by atoms with Crippen LogP contribution in [0.25, 0.3) is 0 Å². The highest BCUT2D eigenvalue weighted by Crippen LogP contribution is 2.11. The Morgan fingerprint density at radius 3 is 2.87 bits per heavy atom. The van der Waals surface area contributed by atoms with Gasteiger partial charge >= 0.3 is 0 Å². The smallest absolute Gasteiger partial charge is 0.128 e. The molecule has 0 radical (unpaired) electrons. The lowest BCUT2D eigenvalue weighted by molar-refractivity contribution is 0.722. The molecule has 0 spiro atoms. The first kappa shape index (κ1) is 11.5. The highest BCUT2D eigenvalue weighted by Gasteiger charge is 2.10. The first-order valence-electron chi connectivity index (χ1n) is 4.98. The quantitative estimate of drug-likeness (QED) is 0.578. The van der Waals surface area contributed by atoms with Gasteiger partial charge in [-0.2, -0.15) is 0 Å². The third kappa shape index (κ3) is 3.23. The molecule has 15 heavy (non-hydrogen) atoms. The van der Waals surface area contributed by atoms with Crippen LogP contribution < -0.4 is 10.6 Å². The molecule has 0 bridgehead atoms. The number of nitrogens with one attached hydrogen (secondary N) is 1. The Labute approximate surface area is 90.6 Å². The zero-order chi connectivity index (χ0) is 11.4. The van der Waals surface area contributed by atoms with Crippen LogP contribution in [0.4, 0.5) is 5.82 Å². The molecule has 0 aromatic carbocycles. The van der Waals surface area contributed by atoms with Gasteiger partial charge < -0.3 is 10.6 Å². The lowest BCUT2D eigenvalue weighted by Crippen LogP contribution is -2.32. The van der Waals surface area contributed by atoms with E-state index in [0.29, 0.717) is 6.54 Å². The zero-order valence-corrected chi connectivity index (χ0v) is 9.49. The minimum Gasteiger partial charge on any atom is -0.387 e. The van der Waals surface area contributed by atoms with Crippen molar-refractivity contribution in [1.82, 2.24) is 4.98 Å². The summed E-state index contributed by atoms with van der Waals surface area (Å²) < 4.78 is 0. The maximum absolute atomic E-state index is 7.33. The molecule has 0 aliphatic carbocycles. The number of anilines is 1. The summed E-state index contributed by atoms with van der Waals surface area (Å²) in [4.78, 5) is 6.28. The van der Waals surface area contributed by atoms with Gasteiger partial charge in [-0.1, -0.05) is 6.92 Å². The molecule has 1 heterocycles. The van der Waals surface area contributed by atoms with Gasteiger partial charge in [-0.25, -0.2) is 4.98 Å². The van der Waals surface area contributed by atoms with Crippen LogP contribution in [0, 0.1) is 18.3 Å². The first-order chi connectivity index (χ1) is 7.00. The fraction of sp³-hybridized carbons (Fsp3) is 0.455. The van der Waals surface area contributed by atoms with Crippen molar-refractivity contribution in [2.24, 2.45) is 11.7 Å². The van der Waals surface area contributed by atoms with Crippen LogP contribution >= 0.6 is 0 Å². The number of rotatable bonds is 4. The Hall–Kier alpha value is -1.58. The molecule has 0 fully saturated rings. The Kier molecular flexibility index (Phi) is 3.66. The van der Waals surface area contributed by atoms with Crippen molar-refractivity contribution in [3.63, 3.8) is 0 Å². The summed E-state index contributed by atoms with van der Waals surface area (Å²) in [5.41, 5.74) is 6.61. The van der Waals surface area contributed by atoms with Crippen LogP contribution in [0.5, 0.6) is 0 Å². The summed E-state index contributed by atoms with van der Waals surface area (Å²) in [7, 11) is 1.96. The van der Waals surface area contributed by atoms with Crippen molar-refractivity contribution in [2.75, 3.05) is 18.5 Å². The molecule has 1 aromatic rings. The van der Waals surface area contributed by atoms with Crippen molar-refractivity contribution in [2.45, 2.75) is 13.8 Å². The molecule has 4 nitrogen and oxygen atoms in total. The number of aryl methyl sites for hydroxylation is 1. The number of hydrogen-bond acceptors (Lipinski definition) is 3. The van der Waals surface area contributed by atoms with Gasteiger partial charge in [0.25, 0.3) is 0 Å². The third-order valence-corrected chi connectivity index (χ3v) is 2.37. The van der Waals surface area contributed by atoms with Gasteiger partial charge in [-0.05, 0) is 24.6 Å². The van der Waals surface area contributed by atoms with E-state index in [-0.39, 0.29) is 11.8 Å². The second-order valence-electron chi connectivity index (χ2n) is 3.93. The maximum Gasteiger partial charge on any atom is 0.128 e. The Morgan fingerprint density at radius 1 is 1.67 bits per heavy atom. The van der Waals surface area contributed by atoms with Crippen molar-refractivity contribution in [3.8, 4) is 0 Å². The summed E-state index contributed by atoms with van der Waals surface area (Å²) in [6.45, 7) is 4.69. The number of hydrogen-bond donors (Lipinski definition) is 2. The van der Waals surface area contributed by atoms with Crippen molar-refractivity contribution in [1.29, 1.82) is 5.41 Å². The third-order valence-electron chi connectivity index (χ3n) is 2.37. The summed E-state index contributed by atoms with van der Waals surface area (Å²) >= 11 is 0. The molecule has 0 saturated heterocycles. The summed E-state index contributed by atoms with van der Waals surface area (Å²) in [5.74, 6) is 1.19. The monoisotopic (exact) mass is 206 g/mol. The van der Waals surface area contributed by atoms with Crippen LogP contribution in [0.3, 0.4) is 0 Å². The summed E-state index contributed by atoms with van der Waals surface area (Å²) in [5, 5.41) is 7.33. The van der Waals surface area contributed by atoms with Crippen molar-refractivity contribution >= 4 is 11.7 Å². The van der Waals surface area contributed by atoms with E-state index in [0.717, 1.165) is 5.82 Å². The molecule has 0 aliphatic heterocycles. The molecular formula is C11H18N4. The van der Waals surface area contributed by atoms with E-state index in [1.807, 2.05) is 37.9 Å². The molecule has 1 unspecified atom stereocenters. The predicted octanol–water partition coefficient (Wildman–Crippen LogP) is 1.40. The van der Waals surface area contributed by atoms with E-state index >= 15 is 0 Å². The predicted molar refractivity (Wildman–Crippen MR) is 63.3 cm³/mol. The van der Waals surface area contributed by atoms with Crippen molar-refractivity contribution in [3.05, 3.63) is 23.9 Å². The number of aromatic nitrogens is 1. The van der Waals surface area contributed by atoms with Gasteiger partial charge in [0.1, 0.15) is 5.82 Å². The Morgan fingerprint density at radius 2 is 2.33 bits per heavy atom. The van der Waals surface area contributed by atoms with E-state index in [1.54, 1.807) is 6.20 Å². The van der Waals surface area contributed by atoms with E-state index in [4.69, 9.17) is 11.1 Å². The van der Waals surface area contributed by atoms with E-state index in [9.17, 15) is 0 Å². The number of nitrogens with two attached hydrogens (primary N) is 1. The highest BCUT2D eigenvalue weighted by molar-refractivity contribution is 5.79. The first-order valence-corrected chi connectivity index (χ1v) is 4.98. The van der Waals surface area contributed by atoms with Crippen molar-refractivity contribution < 1.29 is 0 Å². The zero-order valence-electron chi connectivity index (χ0n) is 9.49. The minimum atomic E-state index is 0.0531. The van der Waals surface area contributed by atoms with Crippen LogP contribution in [0.1, 0.15) is 12.5 Å². The molecule has 0 aliphatic rings. The number of amidine groups is 1. The van der Waals surface area contributed by atoms with Gasteiger partial charge in [0.15, 0.2) is 0 Å². The van der Waals surface area contributed by atoms with Crippen LogP contribution in [0.15, 0.2) is 18.3 Å². The second kappa shape index (κ2) is 4.77.